The molecule has 0 saturated heterocycles. The van der Waals surface area contributed by atoms with Crippen molar-refractivity contribution < 1.29 is 42.1 Å². The second kappa shape index (κ2) is 17.2. The Balaban J connectivity index is 1.88. The summed E-state index contributed by atoms with van der Waals surface area (Å²) in [5.74, 6) is -1.36. The van der Waals surface area contributed by atoms with E-state index in [4.69, 9.17) is 9.47 Å². The van der Waals surface area contributed by atoms with Crippen LogP contribution in [0, 0.1) is 5.92 Å². The Morgan fingerprint density at radius 3 is 2.48 bits per heavy atom. The minimum Gasteiger partial charge on any atom is -0.490 e. The van der Waals surface area contributed by atoms with Crippen LogP contribution in [0.4, 0.5) is 29.3 Å². The van der Waals surface area contributed by atoms with Gasteiger partial charge in [0, 0.05) is 50.5 Å². The van der Waals surface area contributed by atoms with Gasteiger partial charge in [0.2, 0.25) is 5.91 Å². The summed E-state index contributed by atoms with van der Waals surface area (Å²) in [6.07, 6.45) is -5.07. The molecule has 254 valence electrons. The molecule has 0 radical (unpaired) electrons. The van der Waals surface area contributed by atoms with Gasteiger partial charge in [-0.15, -0.1) is 0 Å². The summed E-state index contributed by atoms with van der Waals surface area (Å²) in [4.78, 5) is 42.4. The number of amides is 4. The number of carbonyl (C=O) groups is 3. The van der Waals surface area contributed by atoms with Gasteiger partial charge in [-0.05, 0) is 63.4 Å². The lowest BCUT2D eigenvalue weighted by molar-refractivity contribution is -0.142. The number of rotatable bonds is 8. The Hall–Kier alpha value is -3.84. The van der Waals surface area contributed by atoms with Gasteiger partial charge in [0.1, 0.15) is 5.75 Å². The van der Waals surface area contributed by atoms with E-state index in [1.54, 1.807) is 26.1 Å². The van der Waals surface area contributed by atoms with Crippen LogP contribution in [0.2, 0.25) is 0 Å². The fraction of sp³-hybridized carbons (Fsp3) is 0.545. The number of anilines is 2. The monoisotopic (exact) mass is 650 g/mol. The van der Waals surface area contributed by atoms with Crippen molar-refractivity contribution in [2.45, 2.75) is 77.3 Å². The smallest absolute Gasteiger partial charge is 0.389 e. The molecule has 2 aromatic rings. The lowest BCUT2D eigenvalue weighted by Gasteiger charge is -2.35. The molecule has 4 amide bonds. The van der Waals surface area contributed by atoms with Gasteiger partial charge in [0.15, 0.2) is 0 Å². The second-order valence-corrected chi connectivity index (χ2v) is 11.9. The van der Waals surface area contributed by atoms with Crippen LogP contribution in [-0.2, 0) is 9.53 Å². The second-order valence-electron chi connectivity index (χ2n) is 11.9. The summed E-state index contributed by atoms with van der Waals surface area (Å²) in [6, 6.07) is 12.5. The number of fused-ring (bicyclic) bond motifs is 1. The lowest BCUT2D eigenvalue weighted by Crippen LogP contribution is -2.48. The van der Waals surface area contributed by atoms with Crippen LogP contribution in [0.5, 0.6) is 5.75 Å². The standard InChI is InChI=1S/C33H45F3N4O6/c1-22-19-40(23(2)21-41)31(43)27-18-26(37-30(42)15-16-33(34,35)36)13-14-28(27)46-24(3)10-8-9-17-45-29(22)20-39(4)32(44)38-25-11-6-5-7-12-25/h5-7,11-14,18,22-24,29,41H,8-10,15-17,19-21H2,1-4H3,(H,37,42)(H,38,44)/t22-,23-,24+,29+/m1/s1. The molecule has 1 heterocycles. The summed E-state index contributed by atoms with van der Waals surface area (Å²) >= 11 is 0. The normalized spacial score (nSPS) is 20.5. The van der Waals surface area contributed by atoms with Crippen molar-refractivity contribution in [2.75, 3.05) is 44.0 Å². The van der Waals surface area contributed by atoms with Gasteiger partial charge >= 0.3 is 12.2 Å². The van der Waals surface area contributed by atoms with Crippen molar-refractivity contribution in [2.24, 2.45) is 5.92 Å². The number of nitrogens with zero attached hydrogens (tertiary/aromatic N) is 2. The minimum absolute atomic E-state index is 0.0989. The van der Waals surface area contributed by atoms with Crippen molar-refractivity contribution in [3.05, 3.63) is 54.1 Å². The van der Waals surface area contributed by atoms with Crippen LogP contribution < -0.4 is 15.4 Å². The first kappa shape index (κ1) is 36.6. The zero-order valence-corrected chi connectivity index (χ0v) is 26.8. The van der Waals surface area contributed by atoms with Gasteiger partial charge in [0.05, 0.1) is 36.8 Å². The molecule has 2 aromatic carbocycles. The van der Waals surface area contributed by atoms with Crippen molar-refractivity contribution in [1.82, 2.24) is 9.80 Å². The molecule has 3 rings (SSSR count). The molecule has 0 aromatic heterocycles. The molecule has 0 bridgehead atoms. The molecule has 3 N–H and O–H groups in total. The Labute approximate surface area is 268 Å². The Bertz CT molecular complexity index is 1300. The van der Waals surface area contributed by atoms with Crippen molar-refractivity contribution in [1.29, 1.82) is 0 Å². The zero-order valence-electron chi connectivity index (χ0n) is 26.8. The summed E-state index contributed by atoms with van der Waals surface area (Å²) < 4.78 is 50.4. The van der Waals surface area contributed by atoms with Crippen LogP contribution in [-0.4, -0.2) is 90.5 Å². The third kappa shape index (κ3) is 11.5. The number of aliphatic hydroxyl groups excluding tert-OH is 1. The van der Waals surface area contributed by atoms with Crippen LogP contribution >= 0.6 is 0 Å². The Morgan fingerprint density at radius 1 is 1.09 bits per heavy atom. The number of alkyl halides is 3. The molecule has 1 aliphatic heterocycles. The third-order valence-electron chi connectivity index (χ3n) is 7.80. The fourth-order valence-corrected chi connectivity index (χ4v) is 5.03. The average molecular weight is 651 g/mol. The van der Waals surface area contributed by atoms with Gasteiger partial charge in [-0.2, -0.15) is 13.2 Å². The topological polar surface area (TPSA) is 120 Å². The van der Waals surface area contributed by atoms with Crippen molar-refractivity contribution in [3.63, 3.8) is 0 Å². The van der Waals surface area contributed by atoms with E-state index in [-0.39, 0.29) is 54.7 Å². The number of benzene rings is 2. The minimum atomic E-state index is -4.48. The van der Waals surface area contributed by atoms with Crippen LogP contribution in [0.15, 0.2) is 48.5 Å². The Morgan fingerprint density at radius 2 is 1.80 bits per heavy atom. The largest absolute Gasteiger partial charge is 0.490 e. The highest BCUT2D eigenvalue weighted by molar-refractivity contribution is 5.99. The van der Waals surface area contributed by atoms with Gasteiger partial charge in [-0.3, -0.25) is 9.59 Å². The highest BCUT2D eigenvalue weighted by atomic mass is 19.4. The quantitative estimate of drug-likeness (QED) is 0.326. The number of para-hydroxylation sites is 1. The van der Waals surface area contributed by atoms with E-state index in [0.29, 0.717) is 18.7 Å². The fourth-order valence-electron chi connectivity index (χ4n) is 5.03. The number of hydrogen-bond donors (Lipinski definition) is 3. The summed E-state index contributed by atoms with van der Waals surface area (Å²) in [7, 11) is 1.67. The first-order chi connectivity index (χ1) is 21.8. The van der Waals surface area contributed by atoms with E-state index >= 15 is 0 Å². The molecule has 10 nitrogen and oxygen atoms in total. The van der Waals surface area contributed by atoms with Gasteiger partial charge in [0.25, 0.3) is 5.91 Å². The van der Waals surface area contributed by atoms with E-state index in [1.165, 1.54) is 28.0 Å². The highest BCUT2D eigenvalue weighted by Gasteiger charge is 2.31. The van der Waals surface area contributed by atoms with E-state index in [2.05, 4.69) is 10.6 Å². The molecule has 1 aliphatic rings. The maximum absolute atomic E-state index is 14.2. The molecule has 46 heavy (non-hydrogen) atoms. The first-order valence-corrected chi connectivity index (χ1v) is 15.5. The summed E-state index contributed by atoms with van der Waals surface area (Å²) in [5, 5.41) is 15.4. The first-order valence-electron chi connectivity index (χ1n) is 15.5. The number of ether oxygens (including phenoxy) is 2. The van der Waals surface area contributed by atoms with E-state index < -0.39 is 43.0 Å². The number of nitrogens with one attached hydrogen (secondary N) is 2. The number of aliphatic hydroxyl groups is 1. The van der Waals surface area contributed by atoms with Crippen LogP contribution in [0.25, 0.3) is 0 Å². The van der Waals surface area contributed by atoms with Gasteiger partial charge < -0.3 is 35.0 Å². The van der Waals surface area contributed by atoms with Crippen LogP contribution in [0.1, 0.15) is 63.2 Å². The maximum atomic E-state index is 14.2. The number of urea groups is 1. The van der Waals surface area contributed by atoms with E-state index in [0.717, 1.165) is 12.8 Å². The van der Waals surface area contributed by atoms with Gasteiger partial charge in [-0.1, -0.05) is 25.1 Å². The van der Waals surface area contributed by atoms with E-state index in [1.807, 2.05) is 32.0 Å². The molecule has 0 spiro atoms. The zero-order chi connectivity index (χ0) is 33.9. The molecular formula is C33H45F3N4O6. The molecule has 13 heteroatoms. The highest BCUT2D eigenvalue weighted by Crippen LogP contribution is 2.29. The predicted octanol–water partition coefficient (Wildman–Crippen LogP) is 5.93. The average Bonchev–Trinajstić information content (AvgIpc) is 3.01. The molecule has 0 unspecified atom stereocenters. The van der Waals surface area contributed by atoms with Gasteiger partial charge in [-0.25, -0.2) is 4.79 Å². The molecule has 0 aliphatic carbocycles. The SMILES string of the molecule is C[C@@H]1CN([C@H](C)CO)C(=O)c2cc(NC(=O)CCC(F)(F)F)ccc2O[C@@H](C)CCCCO[C@H]1CN(C)C(=O)Nc1ccccc1. The summed E-state index contributed by atoms with van der Waals surface area (Å²) in [6.45, 7) is 5.94. The number of halogens is 3. The molecule has 0 fully saturated rings. The number of hydrogen-bond acceptors (Lipinski definition) is 6. The summed E-state index contributed by atoms with van der Waals surface area (Å²) in [5.41, 5.74) is 0.897. The molecule has 4 atom stereocenters. The van der Waals surface area contributed by atoms with E-state index in [9.17, 15) is 32.7 Å². The van der Waals surface area contributed by atoms with Crippen molar-refractivity contribution >= 4 is 29.2 Å². The number of likely N-dealkylation sites (N-methyl/N-ethyl adjacent to an activating group) is 1. The van der Waals surface area contributed by atoms with Crippen molar-refractivity contribution in [3.8, 4) is 5.75 Å². The predicted molar refractivity (Wildman–Crippen MR) is 169 cm³/mol. The maximum Gasteiger partial charge on any atom is 0.389 e. The van der Waals surface area contributed by atoms with Crippen LogP contribution in [0.3, 0.4) is 0 Å². The Kier molecular flexibility index (Phi) is 13.7. The number of carbonyl (C=O) groups excluding carboxylic acids is 3. The lowest BCUT2D eigenvalue weighted by atomic mass is 10.0. The molecule has 0 saturated carbocycles. The molecular weight excluding hydrogens is 605 g/mol. The third-order valence-corrected chi connectivity index (χ3v) is 7.80.